The van der Waals surface area contributed by atoms with Crippen LogP contribution < -0.4 is 11.1 Å². The average Bonchev–Trinajstić information content (AvgIpc) is 3.19. The Bertz CT molecular complexity index is 581. The fourth-order valence-corrected chi connectivity index (χ4v) is 1.99. The highest BCUT2D eigenvalue weighted by atomic mass is 16.3. The molecule has 98 valence electrons. The summed E-state index contributed by atoms with van der Waals surface area (Å²) in [7, 11) is 0. The number of hydrogen-bond acceptors (Lipinski definition) is 5. The normalized spacial score (nSPS) is 16.1. The van der Waals surface area contributed by atoms with Gasteiger partial charge in [-0.2, -0.15) is 0 Å². The Labute approximate surface area is 111 Å². The van der Waals surface area contributed by atoms with Gasteiger partial charge in [0, 0.05) is 11.6 Å². The van der Waals surface area contributed by atoms with Crippen LogP contribution in [0.4, 0.5) is 11.6 Å². The Hall–Kier alpha value is -2.14. The average molecular weight is 256 g/mol. The molecular weight excluding hydrogens is 240 g/mol. The molecule has 1 aliphatic rings. The van der Waals surface area contributed by atoms with Gasteiger partial charge in [0.15, 0.2) is 5.82 Å². The van der Waals surface area contributed by atoms with E-state index in [1.165, 1.54) is 0 Å². The Kier molecular flexibility index (Phi) is 2.83. The molecule has 0 radical (unpaired) electrons. The van der Waals surface area contributed by atoms with E-state index in [4.69, 9.17) is 5.73 Å². The number of rotatable bonds is 4. The molecule has 4 N–H and O–H groups in total. The Morgan fingerprint density at radius 1 is 1.21 bits per heavy atom. The van der Waals surface area contributed by atoms with Crippen molar-refractivity contribution in [3.8, 4) is 11.4 Å². The van der Waals surface area contributed by atoms with Crippen molar-refractivity contribution in [2.75, 3.05) is 17.7 Å². The number of aliphatic hydroxyl groups is 1. The predicted octanol–water partition coefficient (Wildman–Crippen LogP) is 1.66. The molecule has 1 heterocycles. The second kappa shape index (κ2) is 4.51. The number of nitrogen functional groups attached to an aromatic ring is 1. The van der Waals surface area contributed by atoms with E-state index < -0.39 is 0 Å². The van der Waals surface area contributed by atoms with Crippen LogP contribution in [0, 0.1) is 0 Å². The van der Waals surface area contributed by atoms with Crippen LogP contribution in [-0.4, -0.2) is 27.2 Å². The molecule has 0 amide bonds. The highest BCUT2D eigenvalue weighted by molar-refractivity contribution is 5.60. The lowest BCUT2D eigenvalue weighted by Crippen LogP contribution is -2.26. The zero-order valence-electron chi connectivity index (χ0n) is 10.5. The number of aliphatic hydroxyl groups excluding tert-OH is 1. The van der Waals surface area contributed by atoms with E-state index in [0.29, 0.717) is 17.5 Å². The van der Waals surface area contributed by atoms with Crippen LogP contribution >= 0.6 is 0 Å². The molecule has 5 nitrogen and oxygen atoms in total. The number of nitrogens with zero attached hydrogens (tertiary/aromatic N) is 2. The molecule has 19 heavy (non-hydrogen) atoms. The molecule has 1 fully saturated rings. The number of nitrogens with two attached hydrogens (primary N) is 1. The maximum Gasteiger partial charge on any atom is 0.163 e. The van der Waals surface area contributed by atoms with Gasteiger partial charge in [-0.25, -0.2) is 9.97 Å². The zero-order valence-corrected chi connectivity index (χ0v) is 10.5. The van der Waals surface area contributed by atoms with E-state index >= 15 is 0 Å². The SMILES string of the molecule is Nc1cc(NC2(CO)CC2)nc(-c2ccccc2)n1. The smallest absolute Gasteiger partial charge is 0.163 e. The minimum absolute atomic E-state index is 0.109. The van der Waals surface area contributed by atoms with Crippen molar-refractivity contribution in [3.63, 3.8) is 0 Å². The topological polar surface area (TPSA) is 84.1 Å². The van der Waals surface area contributed by atoms with Crippen LogP contribution in [0.3, 0.4) is 0 Å². The quantitative estimate of drug-likeness (QED) is 0.774. The molecule has 1 saturated carbocycles. The summed E-state index contributed by atoms with van der Waals surface area (Å²) in [6, 6.07) is 11.4. The molecule has 0 spiro atoms. The van der Waals surface area contributed by atoms with Gasteiger partial charge < -0.3 is 16.2 Å². The molecule has 1 aromatic carbocycles. The Balaban J connectivity index is 1.92. The molecule has 3 rings (SSSR count). The minimum atomic E-state index is -0.214. The second-order valence-electron chi connectivity index (χ2n) is 4.93. The second-order valence-corrected chi connectivity index (χ2v) is 4.93. The highest BCUT2D eigenvalue weighted by Crippen LogP contribution is 2.38. The van der Waals surface area contributed by atoms with Gasteiger partial charge >= 0.3 is 0 Å². The standard InChI is InChI=1S/C14H16N4O/c15-11-8-12(18-14(9-19)6-7-14)17-13(16-11)10-4-2-1-3-5-10/h1-5,8,19H,6-7,9H2,(H3,15,16,17,18). The van der Waals surface area contributed by atoms with Crippen LogP contribution in [-0.2, 0) is 0 Å². The monoisotopic (exact) mass is 256 g/mol. The van der Waals surface area contributed by atoms with Crippen molar-refractivity contribution >= 4 is 11.6 Å². The summed E-state index contributed by atoms with van der Waals surface area (Å²) in [5, 5.41) is 12.6. The van der Waals surface area contributed by atoms with Crippen LogP contribution in [0.15, 0.2) is 36.4 Å². The van der Waals surface area contributed by atoms with E-state index in [1.807, 2.05) is 30.3 Å². The van der Waals surface area contributed by atoms with Gasteiger partial charge in [-0.15, -0.1) is 0 Å². The maximum atomic E-state index is 9.34. The molecule has 2 aromatic rings. The van der Waals surface area contributed by atoms with E-state index in [-0.39, 0.29) is 12.1 Å². The summed E-state index contributed by atoms with van der Waals surface area (Å²) in [6.45, 7) is 0.109. The molecule has 0 atom stereocenters. The fourth-order valence-electron chi connectivity index (χ4n) is 1.99. The number of nitrogens with one attached hydrogen (secondary N) is 1. The Morgan fingerprint density at radius 2 is 1.95 bits per heavy atom. The third kappa shape index (κ3) is 2.51. The minimum Gasteiger partial charge on any atom is -0.394 e. The van der Waals surface area contributed by atoms with Gasteiger partial charge in [0.1, 0.15) is 11.6 Å². The molecule has 0 aliphatic heterocycles. The van der Waals surface area contributed by atoms with Gasteiger partial charge in [0.25, 0.3) is 0 Å². The summed E-state index contributed by atoms with van der Waals surface area (Å²) in [4.78, 5) is 8.71. The third-order valence-corrected chi connectivity index (χ3v) is 3.33. The molecule has 5 heteroatoms. The molecular formula is C14H16N4O. The Morgan fingerprint density at radius 3 is 2.58 bits per heavy atom. The van der Waals surface area contributed by atoms with Crippen molar-refractivity contribution in [1.82, 2.24) is 9.97 Å². The lowest BCUT2D eigenvalue weighted by molar-refractivity contribution is 0.266. The largest absolute Gasteiger partial charge is 0.394 e. The maximum absolute atomic E-state index is 9.34. The summed E-state index contributed by atoms with van der Waals surface area (Å²) < 4.78 is 0. The van der Waals surface area contributed by atoms with Crippen molar-refractivity contribution in [2.45, 2.75) is 18.4 Å². The predicted molar refractivity (Wildman–Crippen MR) is 74.6 cm³/mol. The molecule has 0 saturated heterocycles. The summed E-state index contributed by atoms with van der Waals surface area (Å²) >= 11 is 0. The van der Waals surface area contributed by atoms with Crippen LogP contribution in [0.2, 0.25) is 0 Å². The third-order valence-electron chi connectivity index (χ3n) is 3.33. The van der Waals surface area contributed by atoms with Crippen molar-refractivity contribution in [1.29, 1.82) is 0 Å². The molecule has 1 aromatic heterocycles. The van der Waals surface area contributed by atoms with Crippen LogP contribution in [0.25, 0.3) is 11.4 Å². The van der Waals surface area contributed by atoms with Crippen LogP contribution in [0.1, 0.15) is 12.8 Å². The van der Waals surface area contributed by atoms with Crippen molar-refractivity contribution in [2.24, 2.45) is 0 Å². The molecule has 1 aliphatic carbocycles. The first-order valence-corrected chi connectivity index (χ1v) is 6.30. The number of benzene rings is 1. The van der Waals surface area contributed by atoms with Gasteiger partial charge in [-0.3, -0.25) is 0 Å². The summed E-state index contributed by atoms with van der Waals surface area (Å²) in [6.07, 6.45) is 1.90. The first kappa shape index (κ1) is 11.9. The first-order valence-electron chi connectivity index (χ1n) is 6.30. The van der Waals surface area contributed by atoms with E-state index in [0.717, 1.165) is 18.4 Å². The van der Waals surface area contributed by atoms with Gasteiger partial charge in [-0.1, -0.05) is 30.3 Å². The van der Waals surface area contributed by atoms with Gasteiger partial charge in [-0.05, 0) is 12.8 Å². The van der Waals surface area contributed by atoms with Crippen LogP contribution in [0.5, 0.6) is 0 Å². The van der Waals surface area contributed by atoms with E-state index in [9.17, 15) is 5.11 Å². The number of aromatic nitrogens is 2. The van der Waals surface area contributed by atoms with E-state index in [2.05, 4.69) is 15.3 Å². The van der Waals surface area contributed by atoms with Gasteiger partial charge in [0.05, 0.1) is 12.1 Å². The van der Waals surface area contributed by atoms with Crippen molar-refractivity contribution < 1.29 is 5.11 Å². The van der Waals surface area contributed by atoms with Gasteiger partial charge in [0.2, 0.25) is 0 Å². The molecule has 0 bridgehead atoms. The lowest BCUT2D eigenvalue weighted by atomic mass is 10.2. The highest BCUT2D eigenvalue weighted by Gasteiger charge is 2.42. The van der Waals surface area contributed by atoms with Crippen molar-refractivity contribution in [3.05, 3.63) is 36.4 Å². The summed E-state index contributed by atoms with van der Waals surface area (Å²) in [5.41, 5.74) is 6.53. The molecule has 0 unspecified atom stereocenters. The zero-order chi connectivity index (χ0) is 13.3. The lowest BCUT2D eigenvalue weighted by Gasteiger charge is -2.15. The van der Waals surface area contributed by atoms with E-state index in [1.54, 1.807) is 6.07 Å². The number of anilines is 2. The summed E-state index contributed by atoms with van der Waals surface area (Å²) in [5.74, 6) is 1.68. The first-order chi connectivity index (χ1) is 9.21. The number of hydrogen-bond donors (Lipinski definition) is 3. The fraction of sp³-hybridized carbons (Fsp3) is 0.286.